The normalized spacial score (nSPS) is 17.2. The average Bonchev–Trinajstić information content (AvgIpc) is 3.38. The van der Waals surface area contributed by atoms with Crippen LogP contribution in [-0.4, -0.2) is 62.2 Å². The van der Waals surface area contributed by atoms with Crippen LogP contribution in [0.15, 0.2) is 42.7 Å². The number of fused-ring (bicyclic) bond motifs is 2. The zero-order valence-corrected chi connectivity index (χ0v) is 21.2. The van der Waals surface area contributed by atoms with E-state index in [2.05, 4.69) is 20.4 Å². The van der Waals surface area contributed by atoms with Gasteiger partial charge < -0.3 is 19.7 Å². The van der Waals surface area contributed by atoms with Crippen LogP contribution >= 0.6 is 0 Å². The summed E-state index contributed by atoms with van der Waals surface area (Å²) >= 11 is 0. The molecule has 1 fully saturated rings. The molecule has 4 aromatic rings. The molecule has 6 rings (SSSR count). The lowest BCUT2D eigenvalue weighted by molar-refractivity contribution is -0.114. The van der Waals surface area contributed by atoms with Crippen molar-refractivity contribution in [2.45, 2.75) is 38.8 Å². The van der Waals surface area contributed by atoms with E-state index in [0.717, 1.165) is 6.07 Å². The van der Waals surface area contributed by atoms with Crippen molar-refractivity contribution in [3.05, 3.63) is 71.2 Å². The summed E-state index contributed by atoms with van der Waals surface area (Å²) in [6.45, 7) is -1.60. The molecule has 1 aromatic carbocycles. The van der Waals surface area contributed by atoms with Crippen molar-refractivity contribution in [2.75, 3.05) is 25.1 Å². The highest BCUT2D eigenvalue weighted by Gasteiger charge is 2.29. The maximum atomic E-state index is 14.9. The van der Waals surface area contributed by atoms with E-state index in [4.69, 9.17) is 13.6 Å². The third-order valence-corrected chi connectivity index (χ3v) is 6.86. The third-order valence-electron chi connectivity index (χ3n) is 6.86. The van der Waals surface area contributed by atoms with Gasteiger partial charge in [0.05, 0.1) is 36.4 Å². The number of amides is 2. The summed E-state index contributed by atoms with van der Waals surface area (Å²) in [7, 11) is 0. The molecule has 12 heteroatoms. The minimum Gasteiger partial charge on any atom is -0.487 e. The number of hydrogen-bond donors (Lipinski definition) is 1. The standard InChI is InChI=1S/C28H26F2N6O4/c1-16(37)32-25-15-36-26(33-25)3-2-23(34-36)17-11-21-24(31-13-17)4-7-35(28(21)38)14-18-10-19(29)12-22(30)27(18)40-20-5-8-39-9-6-20/h2-3,10-13,15,20H,4-9,14H2,1H3,(H,32,37)/i1D3. The second-order valence-electron chi connectivity index (χ2n) is 9.60. The van der Waals surface area contributed by atoms with E-state index in [1.807, 2.05) is 0 Å². The Kier molecular flexibility index (Phi) is 5.93. The van der Waals surface area contributed by atoms with Gasteiger partial charge in [-0.25, -0.2) is 18.3 Å². The summed E-state index contributed by atoms with van der Waals surface area (Å²) in [5.74, 6) is -3.14. The fourth-order valence-electron chi connectivity index (χ4n) is 4.92. The molecule has 0 radical (unpaired) electrons. The first-order valence-corrected chi connectivity index (χ1v) is 12.7. The molecule has 5 heterocycles. The molecule has 2 aliphatic heterocycles. The van der Waals surface area contributed by atoms with Crippen molar-refractivity contribution in [1.29, 1.82) is 0 Å². The first-order chi connectivity index (χ1) is 20.5. The monoisotopic (exact) mass is 551 g/mol. The van der Waals surface area contributed by atoms with Gasteiger partial charge in [-0.1, -0.05) is 0 Å². The zero-order chi connectivity index (χ0) is 30.3. The maximum Gasteiger partial charge on any atom is 0.256 e. The Balaban J connectivity index is 1.24. The number of hydrogen-bond acceptors (Lipinski definition) is 7. The summed E-state index contributed by atoms with van der Waals surface area (Å²) in [6.07, 6.45) is 4.29. The molecule has 0 atom stereocenters. The minimum atomic E-state index is -2.83. The highest BCUT2D eigenvalue weighted by molar-refractivity contribution is 5.97. The molecule has 2 aliphatic rings. The second-order valence-corrected chi connectivity index (χ2v) is 9.60. The summed E-state index contributed by atoms with van der Waals surface area (Å²) in [6, 6.07) is 6.90. The molecule has 206 valence electrons. The number of anilines is 1. The van der Waals surface area contributed by atoms with Gasteiger partial charge >= 0.3 is 0 Å². The summed E-state index contributed by atoms with van der Waals surface area (Å²) in [4.78, 5) is 35.5. The van der Waals surface area contributed by atoms with Crippen LogP contribution in [0.3, 0.4) is 0 Å². The van der Waals surface area contributed by atoms with E-state index in [0.29, 0.717) is 67.2 Å². The van der Waals surface area contributed by atoms with Crippen LogP contribution < -0.4 is 10.1 Å². The maximum absolute atomic E-state index is 14.9. The van der Waals surface area contributed by atoms with Crippen LogP contribution in [0.4, 0.5) is 14.6 Å². The Morgan fingerprint density at radius 1 is 1.25 bits per heavy atom. The SMILES string of the molecule is [2H]C([2H])([2H])C(=O)Nc1cn2nc(-c3cnc4c(c3)C(=O)N(Cc3cc(F)cc(F)c3OC3CCOCC3)CC4)ccc2n1. The average molecular weight is 552 g/mol. The van der Waals surface area contributed by atoms with Crippen LogP contribution in [0, 0.1) is 11.6 Å². The molecule has 10 nitrogen and oxygen atoms in total. The quantitative estimate of drug-likeness (QED) is 0.388. The Morgan fingerprint density at radius 3 is 2.92 bits per heavy atom. The molecule has 0 unspecified atom stereocenters. The predicted molar refractivity (Wildman–Crippen MR) is 140 cm³/mol. The Bertz CT molecular complexity index is 1720. The van der Waals surface area contributed by atoms with Crippen molar-refractivity contribution < 1.29 is 32.0 Å². The first-order valence-electron chi connectivity index (χ1n) is 14.2. The van der Waals surface area contributed by atoms with Gasteiger partial charge in [-0.3, -0.25) is 14.6 Å². The van der Waals surface area contributed by atoms with E-state index in [1.54, 1.807) is 24.4 Å². The zero-order valence-electron chi connectivity index (χ0n) is 24.2. The number of pyridine rings is 1. The molecule has 0 bridgehead atoms. The number of imidazole rings is 1. The van der Waals surface area contributed by atoms with E-state index in [-0.39, 0.29) is 35.7 Å². The minimum absolute atomic E-state index is 0.0223. The summed E-state index contributed by atoms with van der Waals surface area (Å²) in [5, 5.41) is 6.71. The largest absolute Gasteiger partial charge is 0.487 e. The Hall–Kier alpha value is -4.45. The van der Waals surface area contributed by atoms with Gasteiger partial charge in [0.1, 0.15) is 11.9 Å². The van der Waals surface area contributed by atoms with Gasteiger partial charge in [0.15, 0.2) is 23.0 Å². The van der Waals surface area contributed by atoms with Crippen LogP contribution in [0.5, 0.6) is 5.75 Å². The Morgan fingerprint density at radius 2 is 2.10 bits per heavy atom. The van der Waals surface area contributed by atoms with Crippen molar-refractivity contribution in [3.63, 3.8) is 0 Å². The molecule has 0 aliphatic carbocycles. The first kappa shape index (κ1) is 22.4. The van der Waals surface area contributed by atoms with Gasteiger partial charge in [-0.05, 0) is 24.3 Å². The van der Waals surface area contributed by atoms with Crippen molar-refractivity contribution in [2.24, 2.45) is 0 Å². The van der Waals surface area contributed by atoms with Gasteiger partial charge in [-0.15, -0.1) is 0 Å². The predicted octanol–water partition coefficient (Wildman–Crippen LogP) is 3.78. The van der Waals surface area contributed by atoms with Crippen LogP contribution in [0.25, 0.3) is 16.9 Å². The van der Waals surface area contributed by atoms with Gasteiger partial charge in [0.2, 0.25) is 5.91 Å². The summed E-state index contributed by atoms with van der Waals surface area (Å²) < 4.78 is 63.4. The van der Waals surface area contributed by atoms with E-state index in [9.17, 15) is 18.4 Å². The molecule has 40 heavy (non-hydrogen) atoms. The lowest BCUT2D eigenvalue weighted by Gasteiger charge is -2.30. The number of carbonyl (C=O) groups excluding carboxylic acids is 2. The van der Waals surface area contributed by atoms with Crippen LogP contribution in [0.1, 0.15) is 45.4 Å². The van der Waals surface area contributed by atoms with Crippen molar-refractivity contribution in [3.8, 4) is 17.0 Å². The van der Waals surface area contributed by atoms with Gasteiger partial charge in [-0.2, -0.15) is 5.10 Å². The molecule has 0 spiro atoms. The van der Waals surface area contributed by atoms with Crippen LogP contribution in [-0.2, 0) is 22.5 Å². The number of nitrogens with zero attached hydrogens (tertiary/aromatic N) is 5. The number of aromatic nitrogens is 4. The lowest BCUT2D eigenvalue weighted by atomic mass is 10.0. The number of nitrogens with one attached hydrogen (secondary N) is 1. The van der Waals surface area contributed by atoms with Gasteiger partial charge in [0, 0.05) is 66.7 Å². The number of benzene rings is 1. The van der Waals surface area contributed by atoms with E-state index < -0.39 is 24.4 Å². The molecule has 2 amide bonds. The smallest absolute Gasteiger partial charge is 0.256 e. The highest BCUT2D eigenvalue weighted by atomic mass is 19.1. The number of rotatable bonds is 6. The molecule has 1 N–H and O–H groups in total. The van der Waals surface area contributed by atoms with Crippen molar-refractivity contribution in [1.82, 2.24) is 24.5 Å². The third kappa shape index (κ3) is 5.22. The molecule has 1 saturated heterocycles. The summed E-state index contributed by atoms with van der Waals surface area (Å²) in [5.41, 5.74) is 2.49. The Labute approximate surface area is 232 Å². The van der Waals surface area contributed by atoms with Crippen LogP contribution in [0.2, 0.25) is 0 Å². The molecule has 3 aromatic heterocycles. The highest BCUT2D eigenvalue weighted by Crippen LogP contribution is 2.31. The molecule has 0 saturated carbocycles. The lowest BCUT2D eigenvalue weighted by Crippen LogP contribution is -2.38. The second kappa shape index (κ2) is 10.6. The fraction of sp³-hybridized carbons (Fsp3) is 0.321. The van der Waals surface area contributed by atoms with E-state index in [1.165, 1.54) is 21.7 Å². The van der Waals surface area contributed by atoms with E-state index >= 15 is 0 Å². The number of ether oxygens (including phenoxy) is 2. The number of carbonyl (C=O) groups is 2. The molecular formula is C28H26F2N6O4. The number of halogens is 2. The van der Waals surface area contributed by atoms with Crippen molar-refractivity contribution >= 4 is 23.3 Å². The van der Waals surface area contributed by atoms with Gasteiger partial charge in [0.25, 0.3) is 5.91 Å². The topological polar surface area (TPSA) is 111 Å². The fourth-order valence-corrected chi connectivity index (χ4v) is 4.92. The molecular weight excluding hydrogens is 522 g/mol.